The minimum Gasteiger partial charge on any atom is -0.304 e. The highest BCUT2D eigenvalue weighted by Gasteiger charge is 2.15. The fourth-order valence-electron chi connectivity index (χ4n) is 2.33. The van der Waals surface area contributed by atoms with E-state index in [4.69, 9.17) is 11.6 Å². The van der Waals surface area contributed by atoms with Gasteiger partial charge in [0, 0.05) is 23.9 Å². The van der Waals surface area contributed by atoms with E-state index in [1.54, 1.807) is 12.1 Å². The number of benzene rings is 2. The van der Waals surface area contributed by atoms with E-state index in [1.807, 2.05) is 0 Å². The number of nitro groups is 1. The zero-order valence-corrected chi connectivity index (χ0v) is 14.0. The number of nitrogens with zero attached hydrogens (tertiary/aromatic N) is 3. The first-order valence-electron chi connectivity index (χ1n) is 7.45. The molecular formula is C17H12ClFN4O3. The molecule has 2 aromatic carbocycles. The number of hydrogen-bond acceptors (Lipinski definition) is 4. The van der Waals surface area contributed by atoms with Crippen LogP contribution in [0.25, 0.3) is 0 Å². The van der Waals surface area contributed by atoms with Crippen LogP contribution < -0.4 is 5.32 Å². The van der Waals surface area contributed by atoms with E-state index in [-0.39, 0.29) is 34.5 Å². The van der Waals surface area contributed by atoms with Crippen molar-refractivity contribution in [3.8, 4) is 0 Å². The summed E-state index contributed by atoms with van der Waals surface area (Å²) in [5.74, 6) is -0.828. The number of amides is 1. The number of halogens is 2. The lowest BCUT2D eigenvalue weighted by Crippen LogP contribution is -2.13. The predicted molar refractivity (Wildman–Crippen MR) is 93.8 cm³/mol. The molecule has 0 saturated carbocycles. The van der Waals surface area contributed by atoms with Crippen molar-refractivity contribution in [2.45, 2.75) is 6.54 Å². The molecule has 0 bridgehead atoms. The second kappa shape index (κ2) is 7.32. The van der Waals surface area contributed by atoms with E-state index in [2.05, 4.69) is 10.4 Å². The Labute approximate surface area is 152 Å². The standard InChI is InChI=1S/C17H12ClFN4O3/c18-15-10-22(9-11-3-1-5-13(19)7-11)21-16(15)20-17(24)12-4-2-6-14(8-12)23(25)26/h1-8,10H,9H2,(H,20,21,24). The Morgan fingerprint density at radius 1 is 1.27 bits per heavy atom. The molecule has 9 heteroatoms. The summed E-state index contributed by atoms with van der Waals surface area (Å²) in [6.45, 7) is 0.268. The number of aromatic nitrogens is 2. The summed E-state index contributed by atoms with van der Waals surface area (Å²) in [6.07, 6.45) is 1.50. The van der Waals surface area contributed by atoms with Crippen molar-refractivity contribution in [2.24, 2.45) is 0 Å². The Bertz CT molecular complexity index is 990. The SMILES string of the molecule is O=C(Nc1nn(Cc2cccc(F)c2)cc1Cl)c1cccc([N+](=O)[O-])c1. The van der Waals surface area contributed by atoms with Crippen LogP contribution in [0.15, 0.2) is 54.7 Å². The smallest absolute Gasteiger partial charge is 0.270 e. The van der Waals surface area contributed by atoms with Crippen molar-refractivity contribution in [2.75, 3.05) is 5.32 Å². The van der Waals surface area contributed by atoms with Gasteiger partial charge in [0.2, 0.25) is 0 Å². The molecule has 0 aliphatic carbocycles. The van der Waals surface area contributed by atoms with Gasteiger partial charge >= 0.3 is 0 Å². The van der Waals surface area contributed by atoms with Crippen molar-refractivity contribution >= 4 is 29.0 Å². The Morgan fingerprint density at radius 3 is 2.77 bits per heavy atom. The molecule has 132 valence electrons. The van der Waals surface area contributed by atoms with Crippen LogP contribution in [0.1, 0.15) is 15.9 Å². The molecule has 26 heavy (non-hydrogen) atoms. The van der Waals surface area contributed by atoms with Crippen LogP contribution in [0.5, 0.6) is 0 Å². The average Bonchev–Trinajstić information content (AvgIpc) is 2.94. The highest BCUT2D eigenvalue weighted by atomic mass is 35.5. The zero-order valence-electron chi connectivity index (χ0n) is 13.2. The highest BCUT2D eigenvalue weighted by Crippen LogP contribution is 2.22. The van der Waals surface area contributed by atoms with Crippen molar-refractivity contribution in [3.63, 3.8) is 0 Å². The van der Waals surface area contributed by atoms with Gasteiger partial charge in [-0.1, -0.05) is 29.8 Å². The monoisotopic (exact) mass is 374 g/mol. The number of non-ortho nitro benzene ring substituents is 1. The van der Waals surface area contributed by atoms with Gasteiger partial charge in [-0.2, -0.15) is 5.10 Å². The Hall–Kier alpha value is -3.26. The maximum Gasteiger partial charge on any atom is 0.270 e. The largest absolute Gasteiger partial charge is 0.304 e. The van der Waals surface area contributed by atoms with Gasteiger partial charge in [0.15, 0.2) is 5.82 Å². The number of rotatable bonds is 5. The fraction of sp³-hybridized carbons (Fsp3) is 0.0588. The normalized spacial score (nSPS) is 10.5. The summed E-state index contributed by atoms with van der Waals surface area (Å²) < 4.78 is 14.7. The number of hydrogen-bond donors (Lipinski definition) is 1. The lowest BCUT2D eigenvalue weighted by molar-refractivity contribution is -0.384. The van der Waals surface area contributed by atoms with E-state index in [9.17, 15) is 19.3 Å². The van der Waals surface area contributed by atoms with E-state index >= 15 is 0 Å². The first-order chi connectivity index (χ1) is 12.4. The van der Waals surface area contributed by atoms with Crippen LogP contribution in [0.2, 0.25) is 5.02 Å². The van der Waals surface area contributed by atoms with Crippen LogP contribution in [-0.4, -0.2) is 20.6 Å². The molecule has 0 spiro atoms. The number of anilines is 1. The molecule has 0 fully saturated rings. The molecule has 3 rings (SSSR count). The topological polar surface area (TPSA) is 90.1 Å². The summed E-state index contributed by atoms with van der Waals surface area (Å²) in [5, 5.41) is 17.7. The number of carbonyl (C=O) groups is 1. The minimum absolute atomic E-state index is 0.106. The third kappa shape index (κ3) is 4.04. The molecule has 0 radical (unpaired) electrons. The average molecular weight is 375 g/mol. The quantitative estimate of drug-likeness (QED) is 0.542. The summed E-state index contributed by atoms with van der Waals surface area (Å²) in [5.41, 5.74) is 0.594. The van der Waals surface area contributed by atoms with Crippen LogP contribution >= 0.6 is 11.6 Å². The Kier molecular flexibility index (Phi) is 4.94. The second-order valence-electron chi connectivity index (χ2n) is 5.41. The lowest BCUT2D eigenvalue weighted by Gasteiger charge is -2.03. The second-order valence-corrected chi connectivity index (χ2v) is 5.82. The maximum absolute atomic E-state index is 13.2. The molecular weight excluding hydrogens is 363 g/mol. The molecule has 0 aliphatic rings. The van der Waals surface area contributed by atoms with Gasteiger partial charge in [0.25, 0.3) is 11.6 Å². The molecule has 0 saturated heterocycles. The molecule has 7 nitrogen and oxygen atoms in total. The lowest BCUT2D eigenvalue weighted by atomic mass is 10.2. The molecule has 0 atom stereocenters. The molecule has 1 N–H and O–H groups in total. The summed E-state index contributed by atoms with van der Waals surface area (Å²) >= 11 is 6.08. The Morgan fingerprint density at radius 2 is 2.04 bits per heavy atom. The molecule has 1 aromatic heterocycles. The number of carbonyl (C=O) groups excluding carboxylic acids is 1. The molecule has 1 amide bonds. The molecule has 1 heterocycles. The molecule has 0 unspecified atom stereocenters. The van der Waals surface area contributed by atoms with Gasteiger partial charge < -0.3 is 5.32 Å². The van der Waals surface area contributed by atoms with E-state index in [1.165, 1.54) is 41.2 Å². The van der Waals surface area contributed by atoms with Crippen LogP contribution in [-0.2, 0) is 6.54 Å². The summed E-state index contributed by atoms with van der Waals surface area (Å²) in [6, 6.07) is 11.3. The first kappa shape index (κ1) is 17.6. The summed E-state index contributed by atoms with van der Waals surface area (Å²) in [4.78, 5) is 22.5. The highest BCUT2D eigenvalue weighted by molar-refractivity contribution is 6.33. The fourth-order valence-corrected chi connectivity index (χ4v) is 2.52. The van der Waals surface area contributed by atoms with Crippen molar-refractivity contribution < 1.29 is 14.1 Å². The van der Waals surface area contributed by atoms with Crippen molar-refractivity contribution in [1.29, 1.82) is 0 Å². The van der Waals surface area contributed by atoms with Crippen LogP contribution in [0.4, 0.5) is 15.9 Å². The van der Waals surface area contributed by atoms with Gasteiger partial charge in [-0.3, -0.25) is 19.6 Å². The van der Waals surface area contributed by atoms with Gasteiger partial charge in [-0.05, 0) is 23.8 Å². The van der Waals surface area contributed by atoms with Gasteiger partial charge in [-0.25, -0.2) is 4.39 Å². The summed E-state index contributed by atoms with van der Waals surface area (Å²) in [7, 11) is 0. The zero-order chi connectivity index (χ0) is 18.7. The van der Waals surface area contributed by atoms with Gasteiger partial charge in [-0.15, -0.1) is 0 Å². The van der Waals surface area contributed by atoms with Crippen molar-refractivity contribution in [3.05, 3.63) is 86.8 Å². The van der Waals surface area contributed by atoms with E-state index < -0.39 is 10.8 Å². The maximum atomic E-state index is 13.2. The third-order valence-electron chi connectivity index (χ3n) is 3.50. The van der Waals surface area contributed by atoms with Crippen LogP contribution in [0.3, 0.4) is 0 Å². The third-order valence-corrected chi connectivity index (χ3v) is 3.78. The van der Waals surface area contributed by atoms with Crippen LogP contribution in [0, 0.1) is 15.9 Å². The van der Waals surface area contributed by atoms with Gasteiger partial charge in [0.1, 0.15) is 10.8 Å². The number of nitro benzene ring substituents is 1. The van der Waals surface area contributed by atoms with Crippen molar-refractivity contribution in [1.82, 2.24) is 9.78 Å². The van der Waals surface area contributed by atoms with E-state index in [0.29, 0.717) is 5.56 Å². The van der Waals surface area contributed by atoms with E-state index in [0.717, 1.165) is 6.07 Å². The number of nitrogens with one attached hydrogen (secondary N) is 1. The molecule has 3 aromatic rings. The predicted octanol–water partition coefficient (Wildman–Crippen LogP) is 3.88. The molecule has 0 aliphatic heterocycles. The Balaban J connectivity index is 1.76. The first-order valence-corrected chi connectivity index (χ1v) is 7.83. The van der Waals surface area contributed by atoms with Gasteiger partial charge in [0.05, 0.1) is 11.5 Å². The minimum atomic E-state index is -0.586.